The summed E-state index contributed by atoms with van der Waals surface area (Å²) < 4.78 is 7.17. The third-order valence-electron chi connectivity index (χ3n) is 5.97. The lowest BCUT2D eigenvalue weighted by Gasteiger charge is -2.52. The molecule has 1 aliphatic heterocycles. The van der Waals surface area contributed by atoms with Crippen LogP contribution in [0.1, 0.15) is 52.5 Å². The van der Waals surface area contributed by atoms with Crippen molar-refractivity contribution in [2.24, 2.45) is 5.41 Å². The van der Waals surface area contributed by atoms with Crippen molar-refractivity contribution in [2.45, 2.75) is 58.1 Å². The van der Waals surface area contributed by atoms with Crippen LogP contribution in [-0.4, -0.2) is 44.3 Å². The van der Waals surface area contributed by atoms with Crippen LogP contribution < -0.4 is 5.56 Å². The molecular formula is C21H27N3O4. The summed E-state index contributed by atoms with van der Waals surface area (Å²) in [6.07, 6.45) is 5.07. The topological polar surface area (TPSA) is 84.7 Å². The number of aromatic hydroxyl groups is 1. The second kappa shape index (κ2) is 6.50. The molecule has 2 heterocycles. The van der Waals surface area contributed by atoms with E-state index in [-0.39, 0.29) is 28.9 Å². The molecule has 0 radical (unpaired) electrons. The summed E-state index contributed by atoms with van der Waals surface area (Å²) in [5.74, 6) is 0.0729. The van der Waals surface area contributed by atoms with Crippen molar-refractivity contribution in [3.63, 3.8) is 0 Å². The Morgan fingerprint density at radius 1 is 1.25 bits per heavy atom. The van der Waals surface area contributed by atoms with Crippen LogP contribution in [-0.2, 0) is 4.74 Å². The van der Waals surface area contributed by atoms with Gasteiger partial charge in [0, 0.05) is 19.1 Å². The molecule has 1 aromatic carbocycles. The van der Waals surface area contributed by atoms with Crippen LogP contribution in [0.25, 0.3) is 10.9 Å². The minimum absolute atomic E-state index is 0.0729. The second-order valence-corrected chi connectivity index (χ2v) is 9.19. The lowest BCUT2D eigenvalue weighted by atomic mass is 9.60. The van der Waals surface area contributed by atoms with Gasteiger partial charge in [0.2, 0.25) is 0 Å². The number of hydrogen-bond donors (Lipinski definition) is 1. The number of rotatable bonds is 1. The Morgan fingerprint density at radius 3 is 2.57 bits per heavy atom. The Labute approximate surface area is 163 Å². The Kier molecular flexibility index (Phi) is 4.36. The van der Waals surface area contributed by atoms with Crippen molar-refractivity contribution in [1.29, 1.82) is 0 Å². The van der Waals surface area contributed by atoms with Gasteiger partial charge in [0.05, 0.1) is 17.2 Å². The Balaban J connectivity index is 1.41. The van der Waals surface area contributed by atoms with Crippen LogP contribution in [0.4, 0.5) is 4.79 Å². The summed E-state index contributed by atoms with van der Waals surface area (Å²) in [6, 6.07) is 4.80. The van der Waals surface area contributed by atoms with E-state index in [9.17, 15) is 14.7 Å². The first-order valence-electron chi connectivity index (χ1n) is 9.84. The van der Waals surface area contributed by atoms with Gasteiger partial charge in [-0.15, -0.1) is 0 Å². The molecule has 1 saturated carbocycles. The molecule has 28 heavy (non-hydrogen) atoms. The first-order chi connectivity index (χ1) is 13.2. The van der Waals surface area contributed by atoms with Gasteiger partial charge in [-0.3, -0.25) is 9.36 Å². The molecule has 1 saturated heterocycles. The molecule has 1 aliphatic carbocycles. The molecule has 7 nitrogen and oxygen atoms in total. The van der Waals surface area contributed by atoms with E-state index in [0.29, 0.717) is 24.0 Å². The zero-order chi connectivity index (χ0) is 20.1. The van der Waals surface area contributed by atoms with Crippen molar-refractivity contribution < 1.29 is 14.6 Å². The maximum absolute atomic E-state index is 12.8. The van der Waals surface area contributed by atoms with Gasteiger partial charge in [0.1, 0.15) is 11.4 Å². The molecule has 1 amide bonds. The van der Waals surface area contributed by atoms with E-state index in [2.05, 4.69) is 4.98 Å². The number of benzene rings is 1. The molecule has 4 rings (SSSR count). The summed E-state index contributed by atoms with van der Waals surface area (Å²) in [4.78, 5) is 31.2. The fraction of sp³-hybridized carbons (Fsp3) is 0.571. The van der Waals surface area contributed by atoms with Gasteiger partial charge in [0.15, 0.2) is 0 Å². The van der Waals surface area contributed by atoms with Crippen LogP contribution in [0.5, 0.6) is 5.75 Å². The van der Waals surface area contributed by atoms with E-state index in [4.69, 9.17) is 4.74 Å². The summed E-state index contributed by atoms with van der Waals surface area (Å²) in [6.45, 7) is 7.02. The highest BCUT2D eigenvalue weighted by Gasteiger charge is 2.47. The van der Waals surface area contributed by atoms with Gasteiger partial charge in [0.25, 0.3) is 5.56 Å². The van der Waals surface area contributed by atoms with Crippen molar-refractivity contribution in [1.82, 2.24) is 14.5 Å². The number of fused-ring (bicyclic) bond motifs is 1. The van der Waals surface area contributed by atoms with E-state index in [1.807, 2.05) is 20.8 Å². The zero-order valence-corrected chi connectivity index (χ0v) is 16.6. The average molecular weight is 385 g/mol. The lowest BCUT2D eigenvalue weighted by Crippen LogP contribution is -2.51. The number of phenolic OH excluding ortho intramolecular Hbond substituents is 1. The minimum atomic E-state index is -0.480. The van der Waals surface area contributed by atoms with Gasteiger partial charge < -0.3 is 14.7 Å². The smallest absolute Gasteiger partial charge is 0.410 e. The Morgan fingerprint density at radius 2 is 1.93 bits per heavy atom. The summed E-state index contributed by atoms with van der Waals surface area (Å²) in [7, 11) is 0. The number of piperidine rings is 1. The second-order valence-electron chi connectivity index (χ2n) is 9.19. The largest absolute Gasteiger partial charge is 0.508 e. The fourth-order valence-corrected chi connectivity index (χ4v) is 4.42. The first-order valence-corrected chi connectivity index (χ1v) is 9.84. The van der Waals surface area contributed by atoms with Gasteiger partial charge in [-0.25, -0.2) is 9.78 Å². The maximum Gasteiger partial charge on any atom is 0.410 e. The van der Waals surface area contributed by atoms with E-state index < -0.39 is 5.60 Å². The highest BCUT2D eigenvalue weighted by molar-refractivity contribution is 5.78. The molecule has 0 unspecified atom stereocenters. The lowest BCUT2D eigenvalue weighted by molar-refractivity contribution is -0.0241. The molecule has 1 aromatic heterocycles. The number of aromatic nitrogens is 2. The predicted molar refractivity (Wildman–Crippen MR) is 105 cm³/mol. The molecule has 1 spiro atoms. The molecule has 7 heteroatoms. The Bertz CT molecular complexity index is 960. The number of hydrogen-bond acceptors (Lipinski definition) is 5. The van der Waals surface area contributed by atoms with Crippen molar-refractivity contribution in [3.8, 4) is 5.75 Å². The minimum Gasteiger partial charge on any atom is -0.508 e. The number of carbonyl (C=O) groups is 1. The fourth-order valence-electron chi connectivity index (χ4n) is 4.42. The molecule has 2 fully saturated rings. The van der Waals surface area contributed by atoms with E-state index in [0.717, 1.165) is 25.7 Å². The number of ether oxygens (including phenoxy) is 1. The number of carbonyl (C=O) groups excluding carboxylic acids is 1. The van der Waals surface area contributed by atoms with Gasteiger partial charge in [-0.05, 0) is 70.1 Å². The van der Waals surface area contributed by atoms with Crippen LogP contribution in [0.3, 0.4) is 0 Å². The SMILES string of the molecule is CC(C)(C)OC(=O)N1CCC2(CC1)CC(n1cnc3ccc(O)cc3c1=O)C2. The summed E-state index contributed by atoms with van der Waals surface area (Å²) in [5.41, 5.74) is 0.203. The van der Waals surface area contributed by atoms with E-state index in [1.54, 1.807) is 21.9 Å². The van der Waals surface area contributed by atoms with Crippen LogP contribution in [0, 0.1) is 5.41 Å². The van der Waals surface area contributed by atoms with Gasteiger partial charge >= 0.3 is 6.09 Å². The molecule has 2 aliphatic rings. The standard InChI is InChI=1S/C21H27N3O4/c1-20(2,3)28-19(27)23-8-6-21(7-9-23)11-14(12-21)24-13-22-17-5-4-15(25)10-16(17)18(24)26/h4-5,10,13-14,25H,6-9,11-12H2,1-3H3. The quantitative estimate of drug-likeness (QED) is 0.813. The summed E-state index contributed by atoms with van der Waals surface area (Å²) in [5, 5.41) is 10.1. The van der Waals surface area contributed by atoms with Gasteiger partial charge in [-0.1, -0.05) is 0 Å². The third-order valence-corrected chi connectivity index (χ3v) is 5.97. The van der Waals surface area contributed by atoms with Crippen molar-refractivity contribution in [2.75, 3.05) is 13.1 Å². The molecular weight excluding hydrogens is 358 g/mol. The van der Waals surface area contributed by atoms with E-state index >= 15 is 0 Å². The van der Waals surface area contributed by atoms with Crippen LogP contribution in [0.15, 0.2) is 29.3 Å². The van der Waals surface area contributed by atoms with Gasteiger partial charge in [-0.2, -0.15) is 0 Å². The number of amides is 1. The molecule has 150 valence electrons. The monoisotopic (exact) mass is 385 g/mol. The predicted octanol–water partition coefficient (Wildman–Crippen LogP) is 3.45. The summed E-state index contributed by atoms with van der Waals surface area (Å²) >= 11 is 0. The maximum atomic E-state index is 12.8. The van der Waals surface area contributed by atoms with Crippen molar-refractivity contribution >= 4 is 17.0 Å². The molecule has 2 aromatic rings. The third kappa shape index (κ3) is 3.45. The van der Waals surface area contributed by atoms with Crippen LogP contribution in [0.2, 0.25) is 0 Å². The normalized spacial score (nSPS) is 19.6. The van der Waals surface area contributed by atoms with Crippen LogP contribution >= 0.6 is 0 Å². The average Bonchev–Trinajstić information content (AvgIpc) is 2.59. The van der Waals surface area contributed by atoms with E-state index in [1.165, 1.54) is 12.1 Å². The first kappa shape index (κ1) is 18.8. The molecule has 1 N–H and O–H groups in total. The number of phenols is 1. The molecule has 0 bridgehead atoms. The zero-order valence-electron chi connectivity index (χ0n) is 16.6. The number of nitrogens with zero attached hydrogens (tertiary/aromatic N) is 3. The molecule has 0 atom stereocenters. The Hall–Kier alpha value is -2.57. The van der Waals surface area contributed by atoms with Crippen molar-refractivity contribution in [3.05, 3.63) is 34.9 Å². The highest BCUT2D eigenvalue weighted by atomic mass is 16.6. The number of likely N-dealkylation sites (tertiary alicyclic amines) is 1. The highest BCUT2D eigenvalue weighted by Crippen LogP contribution is 2.54.